The Hall–Kier alpha value is -3.22. The van der Waals surface area contributed by atoms with Gasteiger partial charge in [0.25, 0.3) is 5.91 Å². The van der Waals surface area contributed by atoms with Crippen molar-refractivity contribution < 1.29 is 23.8 Å². The molecule has 0 radical (unpaired) electrons. The summed E-state index contributed by atoms with van der Waals surface area (Å²) in [5.41, 5.74) is 4.38. The van der Waals surface area contributed by atoms with Crippen molar-refractivity contribution in [1.82, 2.24) is 4.90 Å². The lowest BCUT2D eigenvalue weighted by molar-refractivity contribution is -0.432. The van der Waals surface area contributed by atoms with Gasteiger partial charge in [0.15, 0.2) is 23.7 Å². The molecule has 0 bridgehead atoms. The van der Waals surface area contributed by atoms with Crippen LogP contribution in [0.3, 0.4) is 0 Å². The van der Waals surface area contributed by atoms with E-state index in [0.29, 0.717) is 31.2 Å². The fourth-order valence-corrected chi connectivity index (χ4v) is 5.54. The highest BCUT2D eigenvalue weighted by atomic mass is 32.2. The number of fused-ring (bicyclic) bond motifs is 2. The predicted molar refractivity (Wildman–Crippen MR) is 134 cm³/mol. The van der Waals surface area contributed by atoms with E-state index in [4.69, 9.17) is 14.0 Å². The number of furan rings is 1. The summed E-state index contributed by atoms with van der Waals surface area (Å²) >= 11 is 0.970. The van der Waals surface area contributed by atoms with E-state index in [-0.39, 0.29) is 11.3 Å². The average Bonchev–Trinajstić information content (AvgIpc) is 3.50. The number of aryl methyl sites for hydroxylation is 1. The average molecular weight is 491 g/mol. The first-order chi connectivity index (χ1) is 17.1. The Kier molecular flexibility index (Phi) is 6.84. The molecule has 3 aromatic rings. The zero-order chi connectivity index (χ0) is 24.3. The van der Waals surface area contributed by atoms with Gasteiger partial charge in [0.05, 0.1) is 5.69 Å². The molecule has 0 aliphatic carbocycles. The van der Waals surface area contributed by atoms with Crippen molar-refractivity contribution in [1.29, 1.82) is 0 Å². The van der Waals surface area contributed by atoms with E-state index < -0.39 is 0 Å². The maximum Gasteiger partial charge on any atom is 0.289 e. The summed E-state index contributed by atoms with van der Waals surface area (Å²) in [5.74, 6) is 6.71. The van der Waals surface area contributed by atoms with E-state index in [0.717, 1.165) is 42.7 Å². The van der Waals surface area contributed by atoms with Gasteiger partial charge in [-0.2, -0.15) is 0 Å². The summed E-state index contributed by atoms with van der Waals surface area (Å²) < 4.78 is 12.5. The van der Waals surface area contributed by atoms with E-state index in [2.05, 4.69) is 42.0 Å². The van der Waals surface area contributed by atoms with Gasteiger partial charge in [-0.05, 0) is 66.6 Å². The Bertz CT molecular complexity index is 1260. The highest BCUT2D eigenvalue weighted by Crippen LogP contribution is 2.49. The van der Waals surface area contributed by atoms with Crippen LogP contribution in [0.2, 0.25) is 0 Å². The van der Waals surface area contributed by atoms with E-state index in [1.807, 2.05) is 39.5 Å². The summed E-state index contributed by atoms with van der Waals surface area (Å²) in [6.07, 6.45) is 2.58. The molecular weight excluding hydrogens is 464 g/mol. The van der Waals surface area contributed by atoms with E-state index in [1.54, 1.807) is 12.1 Å². The quantitative estimate of drug-likeness (QED) is 0.173. The molecule has 8 heteroatoms. The molecule has 1 fully saturated rings. The summed E-state index contributed by atoms with van der Waals surface area (Å²) in [6, 6.07) is 19.6. The highest BCUT2D eigenvalue weighted by Gasteiger charge is 2.46. The number of benzene rings is 2. The van der Waals surface area contributed by atoms with Gasteiger partial charge in [-0.3, -0.25) is 9.10 Å². The van der Waals surface area contributed by atoms with Gasteiger partial charge in [-0.25, -0.2) is 5.26 Å². The molecule has 180 valence electrons. The summed E-state index contributed by atoms with van der Waals surface area (Å²) in [5, 5.41) is 12.5. The zero-order valence-corrected chi connectivity index (χ0v) is 20.2. The lowest BCUT2D eigenvalue weighted by Gasteiger charge is -2.39. The molecule has 7 nitrogen and oxygen atoms in total. The van der Waals surface area contributed by atoms with Crippen molar-refractivity contribution in [2.75, 3.05) is 23.9 Å². The van der Waals surface area contributed by atoms with Crippen LogP contribution in [0, 0.1) is 11.8 Å². The molecule has 0 unspecified atom stereocenters. The van der Waals surface area contributed by atoms with Crippen LogP contribution >= 0.6 is 12.2 Å². The molecule has 1 amide bonds. The maximum absolute atomic E-state index is 13.1. The normalized spacial score (nSPS) is 16.2. The van der Waals surface area contributed by atoms with Crippen LogP contribution in [0.1, 0.15) is 52.8 Å². The van der Waals surface area contributed by atoms with Crippen LogP contribution < -0.4 is 4.31 Å². The molecule has 0 atom stereocenters. The second-order valence-corrected chi connectivity index (χ2v) is 9.54. The predicted octanol–water partition coefficient (Wildman–Crippen LogP) is 5.22. The van der Waals surface area contributed by atoms with Crippen LogP contribution in [0.5, 0.6) is 0 Å². The first kappa shape index (κ1) is 23.5. The Balaban J connectivity index is 1.29. The lowest BCUT2D eigenvalue weighted by atomic mass is 9.74. The Morgan fingerprint density at radius 1 is 1.11 bits per heavy atom. The number of rotatable bonds is 5. The van der Waals surface area contributed by atoms with Gasteiger partial charge in [0.1, 0.15) is 0 Å². The van der Waals surface area contributed by atoms with Gasteiger partial charge >= 0.3 is 0 Å². The van der Waals surface area contributed by atoms with E-state index in [9.17, 15) is 4.79 Å². The minimum absolute atomic E-state index is 0.0986. The summed E-state index contributed by atoms with van der Waals surface area (Å²) in [7, 11) is 0. The van der Waals surface area contributed by atoms with Gasteiger partial charge in [0.2, 0.25) is 0 Å². The fourth-order valence-electron chi connectivity index (χ4n) is 4.90. The Morgan fingerprint density at radius 3 is 2.66 bits per heavy atom. The first-order valence-electron chi connectivity index (χ1n) is 11.6. The lowest BCUT2D eigenvalue weighted by Crippen LogP contribution is -2.46. The minimum Gasteiger partial charge on any atom is -0.443 e. The third-order valence-electron chi connectivity index (χ3n) is 6.83. The van der Waals surface area contributed by atoms with Crippen LogP contribution in [-0.2, 0) is 21.2 Å². The molecule has 1 aromatic heterocycles. The number of carbonyl (C=O) groups is 1. The maximum atomic E-state index is 13.1. The molecule has 3 heterocycles. The Morgan fingerprint density at radius 2 is 1.91 bits per heavy atom. The molecule has 1 spiro atoms. The van der Waals surface area contributed by atoms with Gasteiger partial charge in [-0.1, -0.05) is 48.2 Å². The number of hydrogen-bond acceptors (Lipinski definition) is 7. The van der Waals surface area contributed by atoms with E-state index in [1.165, 1.54) is 11.1 Å². The smallest absolute Gasteiger partial charge is 0.289 e. The second-order valence-electron chi connectivity index (χ2n) is 8.81. The monoisotopic (exact) mass is 490 g/mol. The van der Waals surface area contributed by atoms with Crippen molar-refractivity contribution in [3.63, 3.8) is 0 Å². The summed E-state index contributed by atoms with van der Waals surface area (Å²) in [6.45, 7) is 4.10. The van der Waals surface area contributed by atoms with Gasteiger partial charge in [0, 0.05) is 30.6 Å². The topological polar surface area (TPSA) is 75.4 Å². The standard InChI is InChI=1S/C27H26N2O5S/c1-2-20-9-12-24-23(18-20)27(19-29(24)35-34-33-31)14-16-28(17-15-27)26(30)25-13-11-22(32-25)10-8-21-6-4-3-5-7-21/h3-7,9,11-13,18,31H,2,14-17,19H2,1H3. The van der Waals surface area contributed by atoms with Gasteiger partial charge in [-0.15, -0.1) is 4.33 Å². The molecular formula is C27H26N2O5S. The van der Waals surface area contributed by atoms with Gasteiger partial charge < -0.3 is 9.32 Å². The van der Waals surface area contributed by atoms with Crippen LogP contribution in [0.25, 0.3) is 0 Å². The molecule has 5 rings (SSSR count). The fraction of sp³-hybridized carbons (Fsp3) is 0.296. The molecule has 1 N–H and O–H groups in total. The number of hydrogen-bond donors (Lipinski definition) is 1. The summed E-state index contributed by atoms with van der Waals surface area (Å²) in [4.78, 5) is 15.0. The molecule has 35 heavy (non-hydrogen) atoms. The van der Waals surface area contributed by atoms with Crippen LogP contribution in [0.15, 0.2) is 65.1 Å². The van der Waals surface area contributed by atoms with E-state index >= 15 is 0 Å². The first-order valence-corrected chi connectivity index (χ1v) is 12.3. The van der Waals surface area contributed by atoms with Crippen LogP contribution in [0.4, 0.5) is 5.69 Å². The van der Waals surface area contributed by atoms with Crippen molar-refractivity contribution in [3.05, 3.63) is 88.9 Å². The number of anilines is 1. The zero-order valence-electron chi connectivity index (χ0n) is 19.4. The molecule has 1 saturated heterocycles. The SMILES string of the molecule is CCc1ccc2c(c1)C1(CCN(C(=O)c3ccc(C#Cc4ccccc4)o3)CC1)CN2SOOO. The largest absolute Gasteiger partial charge is 0.443 e. The number of piperidine rings is 1. The number of nitrogens with zero attached hydrogens (tertiary/aromatic N) is 2. The number of carbonyl (C=O) groups excluding carboxylic acids is 1. The highest BCUT2D eigenvalue weighted by molar-refractivity contribution is 7.96. The third-order valence-corrected chi connectivity index (χ3v) is 7.46. The molecule has 2 aromatic carbocycles. The minimum atomic E-state index is -0.114. The van der Waals surface area contributed by atoms with Crippen molar-refractivity contribution in [2.45, 2.75) is 31.6 Å². The Labute approximate surface area is 208 Å². The van der Waals surface area contributed by atoms with Crippen LogP contribution in [-0.4, -0.2) is 35.7 Å². The number of amides is 1. The molecule has 0 saturated carbocycles. The molecule has 2 aliphatic heterocycles. The van der Waals surface area contributed by atoms with Crippen molar-refractivity contribution in [3.8, 4) is 11.8 Å². The van der Waals surface area contributed by atoms with Crippen molar-refractivity contribution >= 4 is 23.8 Å². The third kappa shape index (κ3) is 4.81. The second kappa shape index (κ2) is 10.2. The van der Waals surface area contributed by atoms with Crippen molar-refractivity contribution in [2.24, 2.45) is 0 Å². The number of likely N-dealkylation sites (tertiary alicyclic amines) is 1. The molecule has 2 aliphatic rings.